The van der Waals surface area contributed by atoms with Gasteiger partial charge in [-0.1, -0.05) is 60.7 Å². The molecule has 0 spiro atoms. The third-order valence-electron chi connectivity index (χ3n) is 4.94. The maximum atomic E-state index is 13.9. The first-order valence-corrected chi connectivity index (χ1v) is 9.29. The van der Waals surface area contributed by atoms with Crippen molar-refractivity contribution in [1.29, 1.82) is 0 Å². The van der Waals surface area contributed by atoms with Crippen LogP contribution in [0.4, 0.5) is 4.39 Å². The number of alkyl halides is 1. The van der Waals surface area contributed by atoms with E-state index >= 15 is 0 Å². The number of carbonyl (C=O) groups excluding carboxylic acids is 1. The van der Waals surface area contributed by atoms with E-state index in [0.29, 0.717) is 12.8 Å². The second-order valence-electron chi connectivity index (χ2n) is 7.36. The predicted octanol–water partition coefficient (Wildman–Crippen LogP) is 4.63. The summed E-state index contributed by atoms with van der Waals surface area (Å²) >= 11 is 0. The van der Waals surface area contributed by atoms with E-state index in [9.17, 15) is 14.3 Å². The number of esters is 1. The van der Waals surface area contributed by atoms with Crippen molar-refractivity contribution in [3.63, 3.8) is 0 Å². The number of aliphatic hydroxyl groups is 1. The fourth-order valence-electron chi connectivity index (χ4n) is 3.18. The van der Waals surface area contributed by atoms with E-state index in [1.165, 1.54) is 0 Å². The summed E-state index contributed by atoms with van der Waals surface area (Å²) < 4.78 is 19.1. The average molecular weight is 368 g/mol. The Balaban J connectivity index is 1.53. The number of hydrogen-bond donors (Lipinski definition) is 1. The lowest BCUT2D eigenvalue weighted by Crippen LogP contribution is -2.25. The van der Waals surface area contributed by atoms with Gasteiger partial charge in [0, 0.05) is 6.42 Å². The molecule has 27 heavy (non-hydrogen) atoms. The zero-order valence-corrected chi connectivity index (χ0v) is 15.5. The van der Waals surface area contributed by atoms with Crippen molar-refractivity contribution >= 4 is 11.5 Å². The summed E-state index contributed by atoms with van der Waals surface area (Å²) in [6.45, 7) is 1.79. The van der Waals surface area contributed by atoms with E-state index in [-0.39, 0.29) is 13.0 Å². The monoisotopic (exact) mass is 368 g/mol. The molecule has 1 aliphatic carbocycles. The summed E-state index contributed by atoms with van der Waals surface area (Å²) in [5.74, 6) is -0.625. The van der Waals surface area contributed by atoms with Crippen LogP contribution in [-0.2, 0) is 22.6 Å². The van der Waals surface area contributed by atoms with Gasteiger partial charge in [-0.15, -0.1) is 0 Å². The summed E-state index contributed by atoms with van der Waals surface area (Å²) in [6, 6.07) is 17.1. The van der Waals surface area contributed by atoms with E-state index in [4.69, 9.17) is 4.74 Å². The third kappa shape index (κ3) is 5.51. The zero-order chi connectivity index (χ0) is 19.3. The fraction of sp³-hybridized carbons (Fsp3) is 0.348. The molecule has 0 heterocycles. The number of carbonyl (C=O) groups is 1. The number of rotatable bonds is 6. The Hall–Kier alpha value is -2.46. The molecule has 142 valence electrons. The molecule has 0 radical (unpaired) electrons. The highest BCUT2D eigenvalue weighted by Crippen LogP contribution is 2.34. The van der Waals surface area contributed by atoms with Gasteiger partial charge in [0.15, 0.2) is 6.10 Å². The standard InChI is InChI=1S/C23H25FO3/c1-23(24)13-11-20(12-14-23)19-9-7-17(8-10-19)15-21(25)22(26)27-16-18-5-3-2-4-6-18/h2-11,21,25H,12-16H2,1H3. The second-order valence-corrected chi connectivity index (χ2v) is 7.36. The number of allylic oxidation sites excluding steroid dienone is 2. The minimum absolute atomic E-state index is 0.150. The predicted molar refractivity (Wildman–Crippen MR) is 104 cm³/mol. The molecular weight excluding hydrogens is 343 g/mol. The largest absolute Gasteiger partial charge is 0.459 e. The normalized spacial score (nSPS) is 20.6. The van der Waals surface area contributed by atoms with Crippen molar-refractivity contribution in [2.24, 2.45) is 0 Å². The van der Waals surface area contributed by atoms with E-state index in [2.05, 4.69) is 0 Å². The lowest BCUT2D eigenvalue weighted by molar-refractivity contribution is -0.154. The smallest absolute Gasteiger partial charge is 0.335 e. The number of benzene rings is 2. The Morgan fingerprint density at radius 2 is 1.85 bits per heavy atom. The van der Waals surface area contributed by atoms with Gasteiger partial charge in [0.05, 0.1) is 0 Å². The van der Waals surface area contributed by atoms with Crippen LogP contribution in [0.5, 0.6) is 0 Å². The highest BCUT2D eigenvalue weighted by molar-refractivity contribution is 5.75. The lowest BCUT2D eigenvalue weighted by atomic mass is 9.85. The molecule has 3 nitrogen and oxygen atoms in total. The van der Waals surface area contributed by atoms with Crippen LogP contribution in [0.2, 0.25) is 0 Å². The Bertz CT molecular complexity index is 794. The second kappa shape index (κ2) is 8.49. The van der Waals surface area contributed by atoms with E-state index in [1.807, 2.05) is 60.7 Å². The molecule has 1 aliphatic rings. The maximum Gasteiger partial charge on any atom is 0.335 e. The van der Waals surface area contributed by atoms with Gasteiger partial charge in [-0.2, -0.15) is 0 Å². The quantitative estimate of drug-likeness (QED) is 0.756. The Kier molecular flexibility index (Phi) is 6.07. The topological polar surface area (TPSA) is 46.5 Å². The van der Waals surface area contributed by atoms with E-state index < -0.39 is 17.7 Å². The summed E-state index contributed by atoms with van der Waals surface area (Å²) in [5.41, 5.74) is 2.85. The molecule has 2 unspecified atom stereocenters. The van der Waals surface area contributed by atoms with Gasteiger partial charge >= 0.3 is 5.97 Å². The fourth-order valence-corrected chi connectivity index (χ4v) is 3.18. The van der Waals surface area contributed by atoms with Crippen LogP contribution in [-0.4, -0.2) is 22.8 Å². The van der Waals surface area contributed by atoms with Gasteiger partial charge < -0.3 is 9.84 Å². The summed E-state index contributed by atoms with van der Waals surface area (Å²) in [4.78, 5) is 12.0. The van der Waals surface area contributed by atoms with Crippen LogP contribution < -0.4 is 0 Å². The minimum Gasteiger partial charge on any atom is -0.459 e. The first-order chi connectivity index (χ1) is 12.9. The van der Waals surface area contributed by atoms with Crippen LogP contribution in [0.25, 0.3) is 5.57 Å². The molecule has 2 atom stereocenters. The van der Waals surface area contributed by atoms with Crippen LogP contribution in [0.15, 0.2) is 60.7 Å². The molecule has 2 aromatic rings. The first kappa shape index (κ1) is 19.3. The molecule has 0 saturated heterocycles. The van der Waals surface area contributed by atoms with Crippen molar-refractivity contribution in [2.45, 2.75) is 51.0 Å². The summed E-state index contributed by atoms with van der Waals surface area (Å²) in [6.07, 6.45) is 2.67. The van der Waals surface area contributed by atoms with Crippen molar-refractivity contribution in [3.8, 4) is 0 Å². The van der Waals surface area contributed by atoms with E-state index in [0.717, 1.165) is 28.7 Å². The highest BCUT2D eigenvalue weighted by atomic mass is 19.1. The van der Waals surface area contributed by atoms with Crippen molar-refractivity contribution < 1.29 is 19.0 Å². The number of hydrogen-bond acceptors (Lipinski definition) is 3. The molecule has 0 bridgehead atoms. The van der Waals surface area contributed by atoms with Gasteiger partial charge in [0.2, 0.25) is 0 Å². The molecular formula is C23H25FO3. The molecule has 2 aromatic carbocycles. The average Bonchev–Trinajstić information content (AvgIpc) is 2.67. The van der Waals surface area contributed by atoms with Gasteiger partial charge in [-0.25, -0.2) is 9.18 Å². The minimum atomic E-state index is -1.19. The van der Waals surface area contributed by atoms with Crippen LogP contribution in [0, 0.1) is 0 Å². The van der Waals surface area contributed by atoms with E-state index in [1.54, 1.807) is 6.92 Å². The number of aliphatic hydroxyl groups excluding tert-OH is 1. The molecule has 4 heteroatoms. The van der Waals surface area contributed by atoms with Crippen molar-refractivity contribution in [3.05, 3.63) is 77.4 Å². The Morgan fingerprint density at radius 3 is 2.48 bits per heavy atom. The van der Waals surface area contributed by atoms with Gasteiger partial charge in [0.25, 0.3) is 0 Å². The molecule has 0 fully saturated rings. The zero-order valence-electron chi connectivity index (χ0n) is 15.5. The number of halogens is 1. The Labute approximate surface area is 159 Å². The summed E-state index contributed by atoms with van der Waals surface area (Å²) in [7, 11) is 0. The summed E-state index contributed by atoms with van der Waals surface area (Å²) in [5, 5.41) is 10.1. The molecule has 0 saturated carbocycles. The van der Waals surface area contributed by atoms with Crippen LogP contribution >= 0.6 is 0 Å². The third-order valence-corrected chi connectivity index (χ3v) is 4.94. The van der Waals surface area contributed by atoms with Crippen LogP contribution in [0.1, 0.15) is 42.9 Å². The number of ether oxygens (including phenoxy) is 1. The van der Waals surface area contributed by atoms with Crippen molar-refractivity contribution in [2.75, 3.05) is 0 Å². The van der Waals surface area contributed by atoms with Crippen LogP contribution in [0.3, 0.4) is 0 Å². The van der Waals surface area contributed by atoms with Gasteiger partial charge in [-0.3, -0.25) is 0 Å². The maximum absolute atomic E-state index is 13.9. The lowest BCUT2D eigenvalue weighted by Gasteiger charge is -2.25. The molecule has 0 aromatic heterocycles. The SMILES string of the molecule is CC1(F)CC=C(c2ccc(CC(O)C(=O)OCc3ccccc3)cc2)CC1. The van der Waals surface area contributed by atoms with Gasteiger partial charge in [-0.05, 0) is 48.4 Å². The molecule has 0 amide bonds. The van der Waals surface area contributed by atoms with Gasteiger partial charge in [0.1, 0.15) is 12.3 Å². The Morgan fingerprint density at radius 1 is 1.15 bits per heavy atom. The molecule has 0 aliphatic heterocycles. The molecule has 1 N–H and O–H groups in total. The first-order valence-electron chi connectivity index (χ1n) is 9.29. The molecule has 3 rings (SSSR count). The highest BCUT2D eigenvalue weighted by Gasteiger charge is 2.26. The van der Waals surface area contributed by atoms with Crippen molar-refractivity contribution in [1.82, 2.24) is 0 Å².